The summed E-state index contributed by atoms with van der Waals surface area (Å²) >= 11 is 0. The molecule has 4 atom stereocenters. The fourth-order valence-electron chi connectivity index (χ4n) is 4.70. The molecule has 1 aliphatic heterocycles. The van der Waals surface area contributed by atoms with E-state index in [1.165, 1.54) is 4.31 Å². The zero-order valence-electron chi connectivity index (χ0n) is 17.1. The molecule has 0 spiro atoms. The van der Waals surface area contributed by atoms with Gasteiger partial charge in [-0.3, -0.25) is 4.79 Å². The number of rotatable bonds is 6. The Bertz CT molecular complexity index is 874. The number of carbonyl (C=O) groups excluding carboxylic acids is 1. The number of hydrogen-bond donors (Lipinski definition) is 1. The average molecular weight is 448 g/mol. The molecule has 2 aliphatic rings. The quantitative estimate of drug-likeness (QED) is 0.727. The van der Waals surface area contributed by atoms with Crippen LogP contribution in [0.5, 0.6) is 0 Å². The minimum Gasteiger partial charge on any atom is -0.341 e. The summed E-state index contributed by atoms with van der Waals surface area (Å²) < 4.78 is 65.6. The number of amides is 1. The van der Waals surface area contributed by atoms with E-state index in [1.54, 1.807) is 11.9 Å². The molecular formula is C20H28F3N3O3S. The van der Waals surface area contributed by atoms with Crippen LogP contribution in [0.25, 0.3) is 0 Å². The monoisotopic (exact) mass is 447 g/mol. The third-order valence-electron chi connectivity index (χ3n) is 6.37. The zero-order valence-corrected chi connectivity index (χ0v) is 17.9. The van der Waals surface area contributed by atoms with Crippen molar-refractivity contribution in [2.45, 2.75) is 55.8 Å². The number of hydrogen-bond acceptors (Lipinski definition) is 4. The molecule has 1 amide bonds. The Hall–Kier alpha value is -1.65. The van der Waals surface area contributed by atoms with Gasteiger partial charge in [0.15, 0.2) is 0 Å². The number of benzene rings is 1. The molecule has 1 heterocycles. The lowest BCUT2D eigenvalue weighted by molar-refractivity contribution is -0.137. The van der Waals surface area contributed by atoms with Crippen molar-refractivity contribution in [2.24, 2.45) is 17.6 Å². The molecule has 2 fully saturated rings. The normalized spacial score (nSPS) is 25.9. The first-order valence-corrected chi connectivity index (χ1v) is 11.6. The molecule has 1 saturated carbocycles. The Labute approximate surface area is 175 Å². The van der Waals surface area contributed by atoms with Crippen LogP contribution in [0.3, 0.4) is 0 Å². The number of carbonyl (C=O) groups is 1. The first-order chi connectivity index (χ1) is 14.0. The van der Waals surface area contributed by atoms with Crippen LogP contribution in [-0.2, 0) is 21.0 Å². The highest BCUT2D eigenvalue weighted by Crippen LogP contribution is 2.42. The molecular weight excluding hydrogens is 419 g/mol. The van der Waals surface area contributed by atoms with Crippen molar-refractivity contribution in [3.05, 3.63) is 29.8 Å². The Morgan fingerprint density at radius 1 is 1.23 bits per heavy atom. The second-order valence-electron chi connectivity index (χ2n) is 8.26. The van der Waals surface area contributed by atoms with Crippen LogP contribution >= 0.6 is 0 Å². The van der Waals surface area contributed by atoms with Crippen LogP contribution in [0, 0.1) is 11.8 Å². The van der Waals surface area contributed by atoms with Gasteiger partial charge in [-0.1, -0.05) is 13.3 Å². The van der Waals surface area contributed by atoms with Crippen molar-refractivity contribution in [1.82, 2.24) is 9.21 Å². The van der Waals surface area contributed by atoms with E-state index in [0.717, 1.165) is 43.5 Å². The fourth-order valence-corrected chi connectivity index (χ4v) is 6.23. The Morgan fingerprint density at radius 3 is 2.43 bits per heavy atom. The van der Waals surface area contributed by atoms with Crippen LogP contribution < -0.4 is 5.73 Å². The minimum atomic E-state index is -4.52. The maximum Gasteiger partial charge on any atom is 0.416 e. The summed E-state index contributed by atoms with van der Waals surface area (Å²) in [7, 11) is -2.18. The lowest BCUT2D eigenvalue weighted by Crippen LogP contribution is -2.48. The Morgan fingerprint density at radius 2 is 1.87 bits per heavy atom. The number of nitrogens with zero attached hydrogens (tertiary/aromatic N) is 2. The second kappa shape index (κ2) is 8.47. The topological polar surface area (TPSA) is 83.7 Å². The predicted octanol–water partition coefficient (Wildman–Crippen LogP) is 2.69. The highest BCUT2D eigenvalue weighted by Gasteiger charge is 2.48. The van der Waals surface area contributed by atoms with Gasteiger partial charge in [0.05, 0.1) is 16.5 Å². The van der Waals surface area contributed by atoms with Gasteiger partial charge in [-0.25, -0.2) is 8.42 Å². The zero-order chi connectivity index (χ0) is 22.3. The number of halogens is 3. The molecule has 0 aromatic heterocycles. The molecule has 0 unspecified atom stereocenters. The van der Waals surface area contributed by atoms with E-state index in [1.807, 2.05) is 6.92 Å². The van der Waals surface area contributed by atoms with Crippen molar-refractivity contribution < 1.29 is 26.4 Å². The summed E-state index contributed by atoms with van der Waals surface area (Å²) in [5.74, 6) is -0.0135. The van der Waals surface area contributed by atoms with Gasteiger partial charge in [0, 0.05) is 26.2 Å². The van der Waals surface area contributed by atoms with E-state index in [0.29, 0.717) is 13.0 Å². The van der Waals surface area contributed by atoms with E-state index in [-0.39, 0.29) is 35.2 Å². The Balaban J connectivity index is 1.73. The maximum atomic E-state index is 13.0. The maximum absolute atomic E-state index is 13.0. The largest absolute Gasteiger partial charge is 0.416 e. The van der Waals surface area contributed by atoms with Crippen molar-refractivity contribution in [3.8, 4) is 0 Å². The van der Waals surface area contributed by atoms with Gasteiger partial charge < -0.3 is 10.6 Å². The number of alkyl halides is 3. The summed E-state index contributed by atoms with van der Waals surface area (Å²) in [6.45, 7) is 2.52. The van der Waals surface area contributed by atoms with Crippen LogP contribution in [-0.4, -0.2) is 55.8 Å². The van der Waals surface area contributed by atoms with E-state index in [4.69, 9.17) is 5.73 Å². The predicted molar refractivity (Wildman–Crippen MR) is 106 cm³/mol. The van der Waals surface area contributed by atoms with E-state index in [2.05, 4.69) is 0 Å². The first-order valence-electron chi connectivity index (χ1n) is 10.2. The first kappa shape index (κ1) is 23.0. The van der Waals surface area contributed by atoms with Gasteiger partial charge in [-0.05, 0) is 55.4 Å². The molecule has 30 heavy (non-hydrogen) atoms. The smallest absolute Gasteiger partial charge is 0.341 e. The van der Waals surface area contributed by atoms with Gasteiger partial charge in [0.1, 0.15) is 0 Å². The van der Waals surface area contributed by atoms with Crippen LogP contribution in [0.1, 0.15) is 38.2 Å². The summed E-state index contributed by atoms with van der Waals surface area (Å²) in [6.07, 6.45) is -1.52. The molecule has 0 bridgehead atoms. The standard InChI is InChI=1S/C20H28F3N3O3S/c1-3-4-17(24)19(27)25(2)18-10-5-13-11-26(12-16(13)18)30(28,29)15-8-6-14(7-9-15)20(21,22)23/h6-9,13,16-18H,3-5,10-12,24H2,1-2H3/t13-,16+,17-,18-/m0/s1. The molecule has 0 radical (unpaired) electrons. The fraction of sp³-hybridized carbons (Fsp3) is 0.650. The molecule has 1 aromatic carbocycles. The molecule has 168 valence electrons. The second-order valence-corrected chi connectivity index (χ2v) is 10.2. The van der Waals surface area contributed by atoms with Gasteiger partial charge in [0.25, 0.3) is 0 Å². The number of fused-ring (bicyclic) bond motifs is 1. The minimum absolute atomic E-state index is 0.00278. The molecule has 3 rings (SSSR count). The molecule has 1 aliphatic carbocycles. The SMILES string of the molecule is CCC[C@H](N)C(=O)N(C)[C@H]1CC[C@H]2CN(S(=O)(=O)c3ccc(C(F)(F)F)cc3)C[C@H]21. The van der Waals surface area contributed by atoms with Gasteiger partial charge >= 0.3 is 6.18 Å². The molecule has 6 nitrogen and oxygen atoms in total. The lowest BCUT2D eigenvalue weighted by atomic mass is 9.96. The summed E-state index contributed by atoms with van der Waals surface area (Å²) in [5.41, 5.74) is 5.09. The molecule has 2 N–H and O–H groups in total. The summed E-state index contributed by atoms with van der Waals surface area (Å²) in [5, 5.41) is 0. The van der Waals surface area contributed by atoms with Gasteiger partial charge in [-0.15, -0.1) is 0 Å². The van der Waals surface area contributed by atoms with Crippen molar-refractivity contribution in [2.75, 3.05) is 20.1 Å². The molecule has 1 aromatic rings. The number of sulfonamides is 1. The number of nitrogens with two attached hydrogens (primary N) is 1. The van der Waals surface area contributed by atoms with Crippen LogP contribution in [0.15, 0.2) is 29.2 Å². The highest BCUT2D eigenvalue weighted by atomic mass is 32.2. The third-order valence-corrected chi connectivity index (χ3v) is 8.21. The van der Waals surface area contributed by atoms with Crippen molar-refractivity contribution in [1.29, 1.82) is 0 Å². The van der Waals surface area contributed by atoms with Crippen molar-refractivity contribution in [3.63, 3.8) is 0 Å². The lowest BCUT2D eigenvalue weighted by Gasteiger charge is -2.31. The molecule has 1 saturated heterocycles. The average Bonchev–Trinajstić information content (AvgIpc) is 3.27. The van der Waals surface area contributed by atoms with Gasteiger partial charge in [-0.2, -0.15) is 17.5 Å². The van der Waals surface area contributed by atoms with E-state index in [9.17, 15) is 26.4 Å². The van der Waals surface area contributed by atoms with Gasteiger partial charge in [0.2, 0.25) is 15.9 Å². The third kappa shape index (κ3) is 4.36. The summed E-state index contributed by atoms with van der Waals surface area (Å²) in [6, 6.07) is 2.93. The van der Waals surface area contributed by atoms with Crippen LogP contribution in [0.4, 0.5) is 13.2 Å². The number of likely N-dealkylation sites (N-methyl/N-ethyl adjacent to an activating group) is 1. The van der Waals surface area contributed by atoms with Crippen LogP contribution in [0.2, 0.25) is 0 Å². The summed E-state index contributed by atoms with van der Waals surface area (Å²) in [4.78, 5) is 14.1. The highest BCUT2D eigenvalue weighted by molar-refractivity contribution is 7.89. The van der Waals surface area contributed by atoms with Crippen molar-refractivity contribution >= 4 is 15.9 Å². The Kier molecular flexibility index (Phi) is 6.50. The molecule has 10 heteroatoms. The van der Waals surface area contributed by atoms with E-state index >= 15 is 0 Å². The van der Waals surface area contributed by atoms with E-state index < -0.39 is 27.8 Å².